The van der Waals surface area contributed by atoms with E-state index in [4.69, 9.17) is 4.74 Å². The average molecular weight is 243 g/mol. The number of aryl methyl sites for hydroxylation is 1. The smallest absolute Gasteiger partial charge is 0.168 e. The molecule has 2 heterocycles. The van der Waals surface area contributed by atoms with E-state index in [0.717, 1.165) is 17.7 Å². The second-order valence-corrected chi connectivity index (χ2v) is 4.40. The molecule has 0 radical (unpaired) electrons. The van der Waals surface area contributed by atoms with Crippen molar-refractivity contribution in [2.75, 3.05) is 6.61 Å². The van der Waals surface area contributed by atoms with Gasteiger partial charge >= 0.3 is 0 Å². The molecule has 1 aliphatic heterocycles. The Morgan fingerprint density at radius 1 is 1.50 bits per heavy atom. The molecule has 92 valence electrons. The Morgan fingerprint density at radius 2 is 2.39 bits per heavy atom. The van der Waals surface area contributed by atoms with Crippen molar-refractivity contribution in [2.24, 2.45) is 7.05 Å². The summed E-state index contributed by atoms with van der Waals surface area (Å²) >= 11 is 0. The van der Waals surface area contributed by atoms with E-state index in [9.17, 15) is 4.79 Å². The molecule has 0 aliphatic carbocycles. The van der Waals surface area contributed by atoms with Crippen LogP contribution >= 0.6 is 0 Å². The number of Topliss-reactive ketones (excluding diaryl/α,β-unsaturated/α-hetero) is 1. The molecule has 0 bridgehead atoms. The Morgan fingerprint density at radius 3 is 3.17 bits per heavy atom. The van der Waals surface area contributed by atoms with E-state index in [1.54, 1.807) is 17.9 Å². The van der Waals surface area contributed by atoms with Crippen molar-refractivity contribution in [3.63, 3.8) is 0 Å². The van der Waals surface area contributed by atoms with Gasteiger partial charge in [-0.3, -0.25) is 9.48 Å². The average Bonchev–Trinajstić information content (AvgIpc) is 2.96. The first-order valence-electron chi connectivity index (χ1n) is 5.86. The van der Waals surface area contributed by atoms with Crippen molar-refractivity contribution in [2.45, 2.75) is 12.8 Å². The minimum absolute atomic E-state index is 0.0604. The molecule has 0 spiro atoms. The summed E-state index contributed by atoms with van der Waals surface area (Å²) in [6.07, 6.45) is 2.92. The molecular formula is C13H13N3O2. The van der Waals surface area contributed by atoms with Crippen LogP contribution in [0.3, 0.4) is 0 Å². The van der Waals surface area contributed by atoms with Crippen LogP contribution in [0.1, 0.15) is 21.6 Å². The summed E-state index contributed by atoms with van der Waals surface area (Å²) in [4.78, 5) is 12.1. The fourth-order valence-corrected chi connectivity index (χ4v) is 2.10. The Labute approximate surface area is 104 Å². The topological polar surface area (TPSA) is 57.0 Å². The van der Waals surface area contributed by atoms with Crippen LogP contribution in [0.5, 0.6) is 5.75 Å². The van der Waals surface area contributed by atoms with Crippen molar-refractivity contribution in [3.05, 3.63) is 41.2 Å². The van der Waals surface area contributed by atoms with E-state index < -0.39 is 0 Å². The van der Waals surface area contributed by atoms with Gasteiger partial charge in [-0.1, -0.05) is 5.21 Å². The van der Waals surface area contributed by atoms with E-state index in [2.05, 4.69) is 10.3 Å². The van der Waals surface area contributed by atoms with Crippen LogP contribution in [0.15, 0.2) is 24.4 Å². The zero-order valence-electron chi connectivity index (χ0n) is 10.1. The molecule has 0 atom stereocenters. The normalized spacial score (nSPS) is 13.2. The Kier molecular flexibility index (Phi) is 2.59. The lowest BCUT2D eigenvalue weighted by Gasteiger charge is -2.02. The summed E-state index contributed by atoms with van der Waals surface area (Å²) < 4.78 is 7.01. The highest BCUT2D eigenvalue weighted by Gasteiger charge is 2.16. The van der Waals surface area contributed by atoms with Gasteiger partial charge in [-0.25, -0.2) is 0 Å². The zero-order chi connectivity index (χ0) is 12.5. The third-order valence-electron chi connectivity index (χ3n) is 3.00. The molecule has 1 aromatic heterocycles. The van der Waals surface area contributed by atoms with Crippen molar-refractivity contribution in [1.82, 2.24) is 15.0 Å². The quantitative estimate of drug-likeness (QED) is 0.759. The van der Waals surface area contributed by atoms with Gasteiger partial charge in [-0.15, -0.1) is 5.10 Å². The number of nitrogens with zero attached hydrogens (tertiary/aromatic N) is 3. The lowest BCUT2D eigenvalue weighted by Crippen LogP contribution is -2.04. The molecule has 0 saturated carbocycles. The van der Waals surface area contributed by atoms with E-state index >= 15 is 0 Å². The largest absolute Gasteiger partial charge is 0.493 e. The minimum atomic E-state index is 0.0604. The highest BCUT2D eigenvalue weighted by molar-refractivity contribution is 5.97. The number of hydrogen-bond donors (Lipinski definition) is 0. The molecule has 1 aliphatic rings. The second kappa shape index (κ2) is 4.25. The maximum absolute atomic E-state index is 12.1. The highest BCUT2D eigenvalue weighted by Crippen LogP contribution is 2.26. The highest BCUT2D eigenvalue weighted by atomic mass is 16.5. The number of fused-ring (bicyclic) bond motifs is 1. The molecule has 1 aromatic carbocycles. The number of ketones is 1. The number of rotatable bonds is 3. The number of aromatic nitrogens is 3. The van der Waals surface area contributed by atoms with Crippen LogP contribution in [-0.2, 0) is 19.9 Å². The van der Waals surface area contributed by atoms with Gasteiger partial charge in [-0.2, -0.15) is 0 Å². The van der Waals surface area contributed by atoms with Crippen LogP contribution in [0.2, 0.25) is 0 Å². The van der Waals surface area contributed by atoms with E-state index in [0.29, 0.717) is 17.9 Å². The third-order valence-corrected chi connectivity index (χ3v) is 3.00. The van der Waals surface area contributed by atoms with Gasteiger partial charge in [0.1, 0.15) is 5.75 Å². The fraction of sp³-hybridized carbons (Fsp3) is 0.308. The standard InChI is InChI=1S/C13H13N3O2/c1-16-8-11(14-15-16)7-12(17)9-2-3-13-10(6-9)4-5-18-13/h2-3,6,8H,4-5,7H2,1H3. The predicted molar refractivity (Wildman–Crippen MR) is 64.7 cm³/mol. The van der Waals surface area contributed by atoms with Gasteiger partial charge in [0, 0.05) is 25.2 Å². The van der Waals surface area contributed by atoms with Crippen LogP contribution in [-0.4, -0.2) is 27.4 Å². The first-order valence-corrected chi connectivity index (χ1v) is 5.86. The number of carbonyl (C=O) groups excluding carboxylic acids is 1. The molecule has 0 N–H and O–H groups in total. The fourth-order valence-electron chi connectivity index (χ4n) is 2.10. The Bertz CT molecular complexity index is 604. The molecule has 3 rings (SSSR count). The maximum Gasteiger partial charge on any atom is 0.168 e. The van der Waals surface area contributed by atoms with Crippen molar-refractivity contribution >= 4 is 5.78 Å². The van der Waals surface area contributed by atoms with Gasteiger partial charge in [0.2, 0.25) is 0 Å². The SMILES string of the molecule is Cn1cc(CC(=O)c2ccc3c(c2)CCO3)nn1. The Balaban J connectivity index is 1.80. The van der Waals surface area contributed by atoms with Crippen molar-refractivity contribution < 1.29 is 9.53 Å². The van der Waals surface area contributed by atoms with E-state index in [-0.39, 0.29) is 12.2 Å². The summed E-state index contributed by atoms with van der Waals surface area (Å²) in [5, 5.41) is 7.74. The summed E-state index contributed by atoms with van der Waals surface area (Å²) in [5.41, 5.74) is 2.52. The number of carbonyl (C=O) groups is 1. The molecular weight excluding hydrogens is 230 g/mol. The maximum atomic E-state index is 12.1. The molecule has 0 fully saturated rings. The van der Waals surface area contributed by atoms with E-state index in [1.165, 1.54) is 0 Å². The lowest BCUT2D eigenvalue weighted by molar-refractivity contribution is 0.0992. The first-order chi connectivity index (χ1) is 8.72. The summed E-state index contributed by atoms with van der Waals surface area (Å²) in [5.74, 6) is 0.955. The van der Waals surface area contributed by atoms with Crippen LogP contribution in [0, 0.1) is 0 Å². The summed E-state index contributed by atoms with van der Waals surface area (Å²) in [6, 6.07) is 5.59. The van der Waals surface area contributed by atoms with Crippen molar-refractivity contribution in [3.8, 4) is 5.75 Å². The molecule has 18 heavy (non-hydrogen) atoms. The van der Waals surface area contributed by atoms with E-state index in [1.807, 2.05) is 18.2 Å². The van der Waals surface area contributed by atoms with Gasteiger partial charge < -0.3 is 4.74 Å². The van der Waals surface area contributed by atoms with Crippen LogP contribution in [0.4, 0.5) is 0 Å². The number of benzene rings is 1. The molecule has 0 saturated heterocycles. The minimum Gasteiger partial charge on any atom is -0.493 e. The van der Waals surface area contributed by atoms with Gasteiger partial charge in [-0.05, 0) is 23.8 Å². The van der Waals surface area contributed by atoms with Gasteiger partial charge in [0.25, 0.3) is 0 Å². The first kappa shape index (κ1) is 11.0. The van der Waals surface area contributed by atoms with Crippen molar-refractivity contribution in [1.29, 1.82) is 0 Å². The molecule has 5 nitrogen and oxygen atoms in total. The number of ether oxygens (including phenoxy) is 1. The molecule has 2 aromatic rings. The third kappa shape index (κ3) is 1.99. The van der Waals surface area contributed by atoms with Gasteiger partial charge in [0.05, 0.1) is 18.7 Å². The molecule has 5 heteroatoms. The van der Waals surface area contributed by atoms with Crippen LogP contribution in [0.25, 0.3) is 0 Å². The summed E-state index contributed by atoms with van der Waals surface area (Å²) in [7, 11) is 1.79. The molecule has 0 unspecified atom stereocenters. The second-order valence-electron chi connectivity index (χ2n) is 4.40. The summed E-state index contributed by atoms with van der Waals surface area (Å²) in [6.45, 7) is 0.705. The van der Waals surface area contributed by atoms with Crippen LogP contribution < -0.4 is 4.74 Å². The lowest BCUT2D eigenvalue weighted by atomic mass is 10.0. The monoisotopic (exact) mass is 243 g/mol. The molecule has 0 amide bonds. The van der Waals surface area contributed by atoms with Gasteiger partial charge in [0.15, 0.2) is 5.78 Å². The zero-order valence-corrected chi connectivity index (χ0v) is 10.1. The Hall–Kier alpha value is -2.17. The predicted octanol–water partition coefficient (Wildman–Crippen LogP) is 1.18. The number of hydrogen-bond acceptors (Lipinski definition) is 4.